The van der Waals surface area contributed by atoms with Gasteiger partial charge in [0.15, 0.2) is 11.0 Å². The van der Waals surface area contributed by atoms with Gasteiger partial charge in [0.1, 0.15) is 12.4 Å². The maximum Gasteiger partial charge on any atom is 0.416 e. The zero-order valence-corrected chi connectivity index (χ0v) is 17.6. The van der Waals surface area contributed by atoms with Crippen LogP contribution in [0.4, 0.5) is 13.2 Å². The van der Waals surface area contributed by atoms with Gasteiger partial charge in [0, 0.05) is 12.3 Å². The summed E-state index contributed by atoms with van der Waals surface area (Å²) in [4.78, 5) is 0. The molecule has 8 heteroatoms. The van der Waals surface area contributed by atoms with Crippen LogP contribution in [0.1, 0.15) is 28.1 Å². The molecule has 0 aliphatic heterocycles. The number of halogens is 3. The average molecular weight is 433 g/mol. The lowest BCUT2D eigenvalue weighted by Crippen LogP contribution is -2.08. The van der Waals surface area contributed by atoms with Crippen LogP contribution in [0, 0.1) is 13.8 Å². The van der Waals surface area contributed by atoms with Crippen molar-refractivity contribution in [2.45, 2.75) is 44.1 Å². The Labute approximate surface area is 177 Å². The number of rotatable bonds is 8. The maximum absolute atomic E-state index is 12.9. The number of thioether (sulfide) groups is 1. The second kappa shape index (κ2) is 9.38. The lowest BCUT2D eigenvalue weighted by atomic mass is 10.1. The predicted molar refractivity (Wildman–Crippen MR) is 111 cm³/mol. The largest absolute Gasteiger partial charge is 0.486 e. The summed E-state index contributed by atoms with van der Waals surface area (Å²) in [6, 6.07) is 11.3. The van der Waals surface area contributed by atoms with E-state index in [1.54, 1.807) is 12.1 Å². The lowest BCUT2D eigenvalue weighted by molar-refractivity contribution is -0.137. The summed E-state index contributed by atoms with van der Waals surface area (Å²) in [5, 5.41) is 9.00. The molecule has 0 saturated carbocycles. The van der Waals surface area contributed by atoms with E-state index in [4.69, 9.17) is 4.74 Å². The molecule has 0 fully saturated rings. The Hall–Kier alpha value is -2.74. The Balaban J connectivity index is 1.72. The number of nitrogens with zero attached hydrogens (tertiary/aromatic N) is 3. The smallest absolute Gasteiger partial charge is 0.416 e. The number of hydrogen-bond acceptors (Lipinski definition) is 4. The summed E-state index contributed by atoms with van der Waals surface area (Å²) < 4.78 is 46.5. The van der Waals surface area contributed by atoms with E-state index < -0.39 is 11.7 Å². The van der Waals surface area contributed by atoms with Crippen molar-refractivity contribution in [3.8, 4) is 5.75 Å². The van der Waals surface area contributed by atoms with Gasteiger partial charge in [-0.15, -0.1) is 16.8 Å². The van der Waals surface area contributed by atoms with Crippen molar-refractivity contribution in [1.82, 2.24) is 14.8 Å². The van der Waals surface area contributed by atoms with Crippen LogP contribution in [0.15, 0.2) is 60.3 Å². The predicted octanol–water partition coefficient (Wildman–Crippen LogP) is 5.97. The van der Waals surface area contributed by atoms with Crippen molar-refractivity contribution < 1.29 is 17.9 Å². The van der Waals surface area contributed by atoms with Crippen molar-refractivity contribution >= 4 is 11.8 Å². The van der Waals surface area contributed by atoms with Gasteiger partial charge >= 0.3 is 6.18 Å². The molecular weight excluding hydrogens is 411 g/mol. The van der Waals surface area contributed by atoms with Crippen molar-refractivity contribution in [1.29, 1.82) is 0 Å². The van der Waals surface area contributed by atoms with E-state index in [9.17, 15) is 13.2 Å². The fraction of sp³-hybridized carbons (Fsp3) is 0.273. The van der Waals surface area contributed by atoms with Crippen molar-refractivity contribution in [3.63, 3.8) is 0 Å². The van der Waals surface area contributed by atoms with Gasteiger partial charge in [0.05, 0.1) is 5.56 Å². The van der Waals surface area contributed by atoms with E-state index >= 15 is 0 Å². The molecule has 0 spiro atoms. The molecule has 0 amide bonds. The number of ether oxygens (including phenoxy) is 1. The van der Waals surface area contributed by atoms with Crippen molar-refractivity contribution in [2.75, 3.05) is 0 Å². The lowest BCUT2D eigenvalue weighted by Gasteiger charge is -2.11. The fourth-order valence-corrected chi connectivity index (χ4v) is 3.90. The van der Waals surface area contributed by atoms with Crippen molar-refractivity contribution in [2.24, 2.45) is 0 Å². The molecule has 0 bridgehead atoms. The van der Waals surface area contributed by atoms with Gasteiger partial charge in [0.2, 0.25) is 0 Å². The van der Waals surface area contributed by atoms with Gasteiger partial charge < -0.3 is 4.74 Å². The Kier molecular flexibility index (Phi) is 6.87. The first-order valence-electron chi connectivity index (χ1n) is 9.29. The summed E-state index contributed by atoms with van der Waals surface area (Å²) >= 11 is 1.33. The van der Waals surface area contributed by atoms with E-state index in [0.29, 0.717) is 28.8 Å². The first-order valence-corrected chi connectivity index (χ1v) is 10.3. The molecule has 0 aliphatic rings. The third-order valence-corrected chi connectivity index (χ3v) is 5.33. The van der Waals surface area contributed by atoms with E-state index in [2.05, 4.69) is 22.8 Å². The van der Waals surface area contributed by atoms with Crippen LogP contribution in [0.25, 0.3) is 0 Å². The SMILES string of the molecule is C=CCn1c(COc2cc(C)cc(C)c2)nnc1SCc1cccc(C(F)(F)F)c1. The van der Waals surface area contributed by atoms with Crippen LogP contribution in [0.2, 0.25) is 0 Å². The van der Waals surface area contributed by atoms with E-state index in [1.807, 2.05) is 30.5 Å². The third-order valence-electron chi connectivity index (χ3n) is 4.29. The van der Waals surface area contributed by atoms with Crippen LogP contribution in [0.3, 0.4) is 0 Å². The van der Waals surface area contributed by atoms with Gasteiger partial charge in [-0.05, 0) is 48.7 Å². The van der Waals surface area contributed by atoms with Crippen LogP contribution in [0.5, 0.6) is 5.75 Å². The van der Waals surface area contributed by atoms with Gasteiger partial charge in [-0.1, -0.05) is 42.1 Å². The highest BCUT2D eigenvalue weighted by Crippen LogP contribution is 2.31. The summed E-state index contributed by atoms with van der Waals surface area (Å²) in [6.45, 7) is 8.48. The summed E-state index contributed by atoms with van der Waals surface area (Å²) in [5.41, 5.74) is 2.12. The van der Waals surface area contributed by atoms with Gasteiger partial charge in [-0.2, -0.15) is 13.2 Å². The maximum atomic E-state index is 12.9. The van der Waals surface area contributed by atoms with Crippen LogP contribution >= 0.6 is 11.8 Å². The minimum atomic E-state index is -4.36. The molecule has 30 heavy (non-hydrogen) atoms. The Bertz CT molecular complexity index is 1010. The normalized spacial score (nSPS) is 11.5. The standard InChI is InChI=1S/C22H22F3N3OS/c1-4-8-28-20(13-29-19-10-15(2)9-16(3)11-19)26-27-21(28)30-14-17-6-5-7-18(12-17)22(23,24)25/h4-7,9-12H,1,8,13-14H2,2-3H3. The Morgan fingerprint density at radius 1 is 1.10 bits per heavy atom. The van der Waals surface area contributed by atoms with Crippen molar-refractivity contribution in [3.05, 3.63) is 83.2 Å². The molecule has 0 aliphatic carbocycles. The van der Waals surface area contributed by atoms with E-state index in [0.717, 1.165) is 29.0 Å². The first kappa shape index (κ1) is 22.0. The topological polar surface area (TPSA) is 39.9 Å². The second-order valence-corrected chi connectivity index (χ2v) is 7.84. The number of benzene rings is 2. The van der Waals surface area contributed by atoms with Gasteiger partial charge in [-0.3, -0.25) is 4.57 Å². The fourth-order valence-electron chi connectivity index (χ4n) is 2.99. The van der Waals surface area contributed by atoms with Crippen LogP contribution in [-0.2, 0) is 25.1 Å². The van der Waals surface area contributed by atoms with Gasteiger partial charge in [-0.25, -0.2) is 0 Å². The molecule has 3 rings (SSSR count). The molecule has 0 saturated heterocycles. The third kappa shape index (κ3) is 5.66. The van der Waals surface area contributed by atoms with Crippen LogP contribution < -0.4 is 4.74 Å². The molecule has 0 radical (unpaired) electrons. The second-order valence-electron chi connectivity index (χ2n) is 6.90. The molecule has 4 nitrogen and oxygen atoms in total. The monoisotopic (exact) mass is 433 g/mol. The Morgan fingerprint density at radius 3 is 2.50 bits per heavy atom. The molecular formula is C22H22F3N3OS. The summed E-state index contributed by atoms with van der Waals surface area (Å²) in [5.74, 6) is 1.72. The zero-order valence-electron chi connectivity index (χ0n) is 16.7. The quantitative estimate of drug-likeness (QED) is 0.324. The summed E-state index contributed by atoms with van der Waals surface area (Å²) in [6.07, 6.45) is -2.64. The number of alkyl halides is 3. The highest BCUT2D eigenvalue weighted by Gasteiger charge is 2.30. The zero-order chi connectivity index (χ0) is 21.7. The molecule has 1 aromatic heterocycles. The molecule has 2 aromatic carbocycles. The first-order chi connectivity index (χ1) is 14.3. The average Bonchev–Trinajstić information content (AvgIpc) is 3.06. The number of allylic oxidation sites excluding steroid dienone is 1. The summed E-state index contributed by atoms with van der Waals surface area (Å²) in [7, 11) is 0. The minimum Gasteiger partial charge on any atom is -0.486 e. The number of hydrogen-bond donors (Lipinski definition) is 0. The van der Waals surface area contributed by atoms with Gasteiger partial charge in [0.25, 0.3) is 0 Å². The minimum absolute atomic E-state index is 0.230. The van der Waals surface area contributed by atoms with E-state index in [-0.39, 0.29) is 6.61 Å². The van der Waals surface area contributed by atoms with Crippen LogP contribution in [-0.4, -0.2) is 14.8 Å². The van der Waals surface area contributed by atoms with E-state index in [1.165, 1.54) is 17.8 Å². The highest BCUT2D eigenvalue weighted by atomic mass is 32.2. The number of aromatic nitrogens is 3. The molecule has 0 N–H and O–H groups in total. The molecule has 0 atom stereocenters. The molecule has 3 aromatic rings. The Morgan fingerprint density at radius 2 is 1.83 bits per heavy atom. The molecule has 0 unspecified atom stereocenters. The highest BCUT2D eigenvalue weighted by molar-refractivity contribution is 7.98. The molecule has 1 heterocycles. The number of aryl methyl sites for hydroxylation is 2. The molecule has 158 valence electrons.